The fourth-order valence-corrected chi connectivity index (χ4v) is 4.02. The number of hydrogen-bond acceptors (Lipinski definition) is 1. The molecule has 1 unspecified atom stereocenters. The normalized spacial score (nSPS) is 12.8. The molecule has 0 fully saturated rings. The van der Waals surface area contributed by atoms with E-state index < -0.39 is 0 Å². The average molecular weight is 371 g/mol. The molecule has 0 aliphatic carbocycles. The summed E-state index contributed by atoms with van der Waals surface area (Å²) < 4.78 is 0.808. The molecule has 0 aliphatic heterocycles. The van der Waals surface area contributed by atoms with E-state index in [2.05, 4.69) is 22.0 Å². The van der Waals surface area contributed by atoms with Crippen LogP contribution in [-0.4, -0.2) is 0 Å². The van der Waals surface area contributed by atoms with Crippen molar-refractivity contribution in [3.8, 4) is 0 Å². The number of alkyl halides is 1. The van der Waals surface area contributed by atoms with Crippen LogP contribution in [0, 0.1) is 6.92 Å². The fraction of sp³-hybridized carbons (Fsp3) is 0.167. The minimum Gasteiger partial charge on any atom is -0.127 e. The zero-order chi connectivity index (χ0) is 12.6. The number of aryl methyl sites for hydroxylation is 1. The first-order chi connectivity index (χ1) is 7.99. The lowest BCUT2D eigenvalue weighted by Crippen LogP contribution is -1.90. The Hall–Kier alpha value is 0.270. The molecule has 2 rings (SSSR count). The summed E-state index contributed by atoms with van der Waals surface area (Å²) >= 11 is 23.4. The number of benzene rings is 1. The molecule has 1 aromatic heterocycles. The summed E-state index contributed by atoms with van der Waals surface area (Å²) in [6.07, 6.45) is 0. The number of thiophene rings is 1. The molecule has 0 spiro atoms. The smallest absolute Gasteiger partial charge is 0.0960 e. The minimum atomic E-state index is 0.0184. The second kappa shape index (κ2) is 5.50. The zero-order valence-corrected chi connectivity index (χ0v) is 13.5. The highest BCUT2D eigenvalue weighted by Crippen LogP contribution is 2.41. The van der Waals surface area contributed by atoms with Crippen LogP contribution in [0.25, 0.3) is 0 Å². The van der Waals surface area contributed by atoms with Gasteiger partial charge in [-0.15, -0.1) is 11.3 Å². The molecule has 0 saturated heterocycles. The fourth-order valence-electron chi connectivity index (χ4n) is 1.47. The molecule has 1 atom stereocenters. The maximum atomic E-state index is 6.17. The third kappa shape index (κ3) is 2.99. The van der Waals surface area contributed by atoms with E-state index in [-0.39, 0.29) is 4.83 Å². The summed E-state index contributed by atoms with van der Waals surface area (Å²) in [5.74, 6) is 0. The van der Waals surface area contributed by atoms with Gasteiger partial charge >= 0.3 is 0 Å². The van der Waals surface area contributed by atoms with Crippen LogP contribution in [0.1, 0.15) is 20.8 Å². The second-order valence-electron chi connectivity index (χ2n) is 3.63. The van der Waals surface area contributed by atoms with Crippen LogP contribution in [0.2, 0.25) is 14.4 Å². The summed E-state index contributed by atoms with van der Waals surface area (Å²) in [7, 11) is 0. The first-order valence-corrected chi connectivity index (χ1v) is 7.70. The van der Waals surface area contributed by atoms with Crippen LogP contribution < -0.4 is 0 Å². The van der Waals surface area contributed by atoms with Gasteiger partial charge in [0.1, 0.15) is 0 Å². The van der Waals surface area contributed by atoms with Gasteiger partial charge in [-0.3, -0.25) is 0 Å². The largest absolute Gasteiger partial charge is 0.127 e. The van der Waals surface area contributed by atoms with Crippen LogP contribution >= 0.6 is 62.1 Å². The van der Waals surface area contributed by atoms with Crippen LogP contribution in [0.5, 0.6) is 0 Å². The van der Waals surface area contributed by atoms with Crippen molar-refractivity contribution in [3.05, 3.63) is 54.7 Å². The highest BCUT2D eigenvalue weighted by molar-refractivity contribution is 9.09. The molecule has 90 valence electrons. The monoisotopic (exact) mass is 368 g/mol. The Labute approximate surface area is 128 Å². The summed E-state index contributed by atoms with van der Waals surface area (Å²) in [6, 6.07) is 7.51. The van der Waals surface area contributed by atoms with Gasteiger partial charge in [0.15, 0.2) is 0 Å². The van der Waals surface area contributed by atoms with E-state index in [0.29, 0.717) is 10.0 Å². The lowest BCUT2D eigenvalue weighted by Gasteiger charge is -2.10. The Balaban J connectivity index is 2.42. The van der Waals surface area contributed by atoms with Crippen molar-refractivity contribution in [2.24, 2.45) is 0 Å². The van der Waals surface area contributed by atoms with Crippen molar-refractivity contribution in [1.29, 1.82) is 0 Å². The van der Waals surface area contributed by atoms with Gasteiger partial charge in [-0.05, 0) is 42.3 Å². The zero-order valence-electron chi connectivity index (χ0n) is 8.81. The lowest BCUT2D eigenvalue weighted by atomic mass is 10.1. The van der Waals surface area contributed by atoms with Crippen LogP contribution in [-0.2, 0) is 0 Å². The van der Waals surface area contributed by atoms with Crippen LogP contribution in [0.4, 0.5) is 0 Å². The molecule has 0 amide bonds. The highest BCUT2D eigenvalue weighted by Gasteiger charge is 2.17. The van der Waals surface area contributed by atoms with E-state index in [9.17, 15) is 0 Å². The summed E-state index contributed by atoms with van der Waals surface area (Å²) in [6.45, 7) is 1.99. The van der Waals surface area contributed by atoms with Crippen LogP contribution in [0.3, 0.4) is 0 Å². The van der Waals surface area contributed by atoms with Gasteiger partial charge in [0.25, 0.3) is 0 Å². The van der Waals surface area contributed by atoms with Crippen molar-refractivity contribution in [1.82, 2.24) is 0 Å². The topological polar surface area (TPSA) is 0 Å². The van der Waals surface area contributed by atoms with E-state index in [1.165, 1.54) is 0 Å². The predicted molar refractivity (Wildman–Crippen MR) is 81.3 cm³/mol. The predicted octanol–water partition coefficient (Wildman–Crippen LogP) is 6.50. The van der Waals surface area contributed by atoms with Gasteiger partial charge in [-0.1, -0.05) is 50.7 Å². The van der Waals surface area contributed by atoms with E-state index in [0.717, 1.165) is 20.3 Å². The standard InChI is InChI=1S/C12H8BrCl3S/c1-6-4-10(17-12(6)16)11(13)8-5-7(14)2-3-9(8)15/h2-5,11H,1H3. The second-order valence-corrected chi connectivity index (χ2v) is 7.08. The van der Waals surface area contributed by atoms with Gasteiger partial charge in [0.2, 0.25) is 0 Å². The molecule has 1 aromatic carbocycles. The van der Waals surface area contributed by atoms with Crippen LogP contribution in [0.15, 0.2) is 24.3 Å². The Kier molecular flexibility index (Phi) is 4.43. The maximum absolute atomic E-state index is 6.17. The molecule has 17 heavy (non-hydrogen) atoms. The minimum absolute atomic E-state index is 0.0184. The van der Waals surface area contributed by atoms with Gasteiger partial charge in [0, 0.05) is 14.9 Å². The van der Waals surface area contributed by atoms with E-state index in [4.69, 9.17) is 34.8 Å². The number of rotatable bonds is 2. The highest BCUT2D eigenvalue weighted by atomic mass is 79.9. The molecular formula is C12H8BrCl3S. The molecule has 0 bridgehead atoms. The van der Waals surface area contributed by atoms with Crippen molar-refractivity contribution < 1.29 is 0 Å². The number of halogens is 4. The average Bonchev–Trinajstić information content (AvgIpc) is 2.62. The van der Waals surface area contributed by atoms with Crippen molar-refractivity contribution in [2.75, 3.05) is 0 Å². The summed E-state index contributed by atoms with van der Waals surface area (Å²) in [4.78, 5) is 1.14. The third-order valence-corrected chi connectivity index (χ3v) is 5.85. The Morgan fingerprint density at radius 1 is 1.18 bits per heavy atom. The molecule has 1 heterocycles. The Bertz CT molecular complexity index is 531. The molecule has 0 radical (unpaired) electrons. The van der Waals surface area contributed by atoms with E-state index in [1.807, 2.05) is 13.0 Å². The van der Waals surface area contributed by atoms with Gasteiger partial charge < -0.3 is 0 Å². The van der Waals surface area contributed by atoms with Crippen molar-refractivity contribution in [3.63, 3.8) is 0 Å². The van der Waals surface area contributed by atoms with Gasteiger partial charge in [0.05, 0.1) is 9.16 Å². The quantitative estimate of drug-likeness (QED) is 0.529. The molecule has 5 heteroatoms. The van der Waals surface area contributed by atoms with Crippen molar-refractivity contribution >= 4 is 62.1 Å². The van der Waals surface area contributed by atoms with E-state index in [1.54, 1.807) is 23.5 Å². The number of hydrogen-bond donors (Lipinski definition) is 0. The lowest BCUT2D eigenvalue weighted by molar-refractivity contribution is 1.22. The third-order valence-electron chi connectivity index (χ3n) is 2.36. The molecular weight excluding hydrogens is 362 g/mol. The molecule has 0 N–H and O–H groups in total. The SMILES string of the molecule is Cc1cc(C(Br)c2cc(Cl)ccc2Cl)sc1Cl. The first kappa shape index (κ1) is 13.7. The molecule has 2 aromatic rings. The Morgan fingerprint density at radius 3 is 2.47 bits per heavy atom. The Morgan fingerprint density at radius 2 is 1.88 bits per heavy atom. The van der Waals surface area contributed by atoms with E-state index >= 15 is 0 Å². The van der Waals surface area contributed by atoms with Gasteiger partial charge in [-0.2, -0.15) is 0 Å². The summed E-state index contributed by atoms with van der Waals surface area (Å²) in [5, 5.41) is 1.37. The molecule has 0 aliphatic rings. The molecule has 0 nitrogen and oxygen atoms in total. The summed E-state index contributed by atoms with van der Waals surface area (Å²) in [5.41, 5.74) is 2.03. The first-order valence-electron chi connectivity index (χ1n) is 4.84. The molecule has 0 saturated carbocycles. The van der Waals surface area contributed by atoms with Crippen molar-refractivity contribution in [2.45, 2.75) is 11.8 Å². The van der Waals surface area contributed by atoms with Gasteiger partial charge in [-0.25, -0.2) is 0 Å². The maximum Gasteiger partial charge on any atom is 0.0960 e.